The Labute approximate surface area is 156 Å². The topological polar surface area (TPSA) is 139 Å². The zero-order valence-electron chi connectivity index (χ0n) is 15.4. The van der Waals surface area contributed by atoms with Crippen LogP contribution in [0, 0.1) is 0 Å². The minimum atomic E-state index is -0.367. The fourth-order valence-corrected chi connectivity index (χ4v) is 3.40. The predicted octanol–water partition coefficient (Wildman–Crippen LogP) is -0.849. The smallest absolute Gasteiger partial charge is 0.321 e. The summed E-state index contributed by atoms with van der Waals surface area (Å²) in [6, 6.07) is -0.301. The summed E-state index contributed by atoms with van der Waals surface area (Å²) in [6.45, 7) is 4.27. The third-order valence-corrected chi connectivity index (χ3v) is 4.69. The number of carbonyl (C=O) groups is 1. The highest BCUT2D eigenvalue weighted by Crippen LogP contribution is 2.29. The Balaban J connectivity index is 1.67. The summed E-state index contributed by atoms with van der Waals surface area (Å²) in [4.78, 5) is 25.5. The van der Waals surface area contributed by atoms with Gasteiger partial charge in [0.2, 0.25) is 11.8 Å². The number of aliphatic imine (C=N–C) groups is 2. The van der Waals surface area contributed by atoms with Crippen LogP contribution in [0.1, 0.15) is 32.0 Å². The van der Waals surface area contributed by atoms with Gasteiger partial charge in [-0.2, -0.15) is 5.21 Å². The van der Waals surface area contributed by atoms with Gasteiger partial charge in [0.1, 0.15) is 11.5 Å². The van der Waals surface area contributed by atoms with Crippen LogP contribution in [0.4, 0.5) is 4.79 Å². The van der Waals surface area contributed by atoms with Crippen LogP contribution in [0.15, 0.2) is 21.5 Å². The molecule has 144 valence electrons. The lowest BCUT2D eigenvalue weighted by Crippen LogP contribution is -2.52. The van der Waals surface area contributed by atoms with E-state index in [1.165, 1.54) is 6.42 Å². The van der Waals surface area contributed by atoms with Gasteiger partial charge in [-0.25, -0.2) is 14.8 Å². The Morgan fingerprint density at radius 2 is 2.11 bits per heavy atom. The number of likely N-dealkylation sites (N-methyl/N-ethyl adjacent to an activating group) is 1. The number of fused-ring (bicyclic) bond motifs is 1. The summed E-state index contributed by atoms with van der Waals surface area (Å²) < 4.78 is 0. The molecule has 1 aromatic rings. The van der Waals surface area contributed by atoms with Crippen LogP contribution in [0.2, 0.25) is 0 Å². The number of rotatable bonds is 3. The second-order valence-electron chi connectivity index (χ2n) is 6.52. The van der Waals surface area contributed by atoms with Crippen molar-refractivity contribution in [1.82, 2.24) is 46.4 Å². The number of aromatic amines is 1. The van der Waals surface area contributed by atoms with Crippen molar-refractivity contribution in [3.8, 4) is 0 Å². The molecule has 1 saturated heterocycles. The summed E-state index contributed by atoms with van der Waals surface area (Å²) in [7, 11) is 1.87. The van der Waals surface area contributed by atoms with Gasteiger partial charge < -0.3 is 20.4 Å². The number of piperidine rings is 1. The van der Waals surface area contributed by atoms with E-state index in [0.29, 0.717) is 24.2 Å². The molecule has 0 radical (unpaired) electrons. The Morgan fingerprint density at radius 1 is 1.30 bits per heavy atom. The van der Waals surface area contributed by atoms with Gasteiger partial charge in [0.25, 0.3) is 0 Å². The first-order valence-corrected chi connectivity index (χ1v) is 9.11. The number of nitrogens with zero attached hydrogens (tertiary/aromatic N) is 7. The monoisotopic (exact) mass is 373 g/mol. The van der Waals surface area contributed by atoms with E-state index in [-0.39, 0.29) is 12.2 Å². The first-order chi connectivity index (χ1) is 13.2. The summed E-state index contributed by atoms with van der Waals surface area (Å²) in [5, 5.41) is 22.9. The van der Waals surface area contributed by atoms with Crippen LogP contribution >= 0.6 is 0 Å². The quantitative estimate of drug-likeness (QED) is 0.541. The van der Waals surface area contributed by atoms with Gasteiger partial charge in [-0.1, -0.05) is 0 Å². The second-order valence-corrected chi connectivity index (χ2v) is 6.52. The maximum atomic E-state index is 12.0. The molecule has 4 N–H and O–H groups in total. The van der Waals surface area contributed by atoms with Crippen molar-refractivity contribution in [2.24, 2.45) is 9.98 Å². The molecule has 4 rings (SSSR count). The number of aromatic nitrogens is 4. The molecular formula is C15H23N11O. The lowest BCUT2D eigenvalue weighted by Gasteiger charge is -2.35. The Bertz CT molecular complexity index is 791. The van der Waals surface area contributed by atoms with Gasteiger partial charge >= 0.3 is 6.03 Å². The predicted molar refractivity (Wildman–Crippen MR) is 97.5 cm³/mol. The number of H-pyrrole nitrogens is 1. The minimum absolute atomic E-state index is 0.301. The van der Waals surface area contributed by atoms with Gasteiger partial charge in [-0.3, -0.25) is 5.32 Å². The van der Waals surface area contributed by atoms with Gasteiger partial charge in [0, 0.05) is 26.7 Å². The summed E-state index contributed by atoms with van der Waals surface area (Å²) in [5.41, 5.74) is 0.792. The number of guanidine groups is 1. The van der Waals surface area contributed by atoms with Gasteiger partial charge in [0.15, 0.2) is 12.0 Å². The Kier molecular flexibility index (Phi) is 4.60. The summed E-state index contributed by atoms with van der Waals surface area (Å²) in [6.07, 6.45) is 3.10. The number of urea groups is 1. The van der Waals surface area contributed by atoms with Crippen molar-refractivity contribution in [1.29, 1.82) is 0 Å². The molecule has 1 fully saturated rings. The average molecular weight is 373 g/mol. The first kappa shape index (κ1) is 17.2. The lowest BCUT2D eigenvalue weighted by atomic mass is 10.1. The molecule has 0 aromatic carbocycles. The van der Waals surface area contributed by atoms with Crippen LogP contribution in [-0.4, -0.2) is 81.1 Å². The Hall–Kier alpha value is -3.18. The molecule has 1 atom stereocenters. The van der Waals surface area contributed by atoms with E-state index in [1.54, 1.807) is 0 Å². The molecule has 3 aliphatic heterocycles. The molecule has 1 unspecified atom stereocenters. The van der Waals surface area contributed by atoms with E-state index < -0.39 is 0 Å². The van der Waals surface area contributed by atoms with Crippen molar-refractivity contribution in [3.05, 3.63) is 17.3 Å². The molecule has 12 heteroatoms. The molecule has 0 aliphatic carbocycles. The molecule has 27 heavy (non-hydrogen) atoms. The number of nitrogens with one attached hydrogen (secondary N) is 4. The third-order valence-electron chi connectivity index (χ3n) is 4.69. The van der Waals surface area contributed by atoms with Crippen LogP contribution in [0.3, 0.4) is 0 Å². The van der Waals surface area contributed by atoms with Crippen LogP contribution < -0.4 is 16.0 Å². The maximum absolute atomic E-state index is 12.0. The first-order valence-electron chi connectivity index (χ1n) is 9.11. The maximum Gasteiger partial charge on any atom is 0.321 e. The number of hydrogen-bond acceptors (Lipinski definition) is 9. The molecule has 0 saturated carbocycles. The van der Waals surface area contributed by atoms with Crippen LogP contribution in [0.25, 0.3) is 0 Å². The fraction of sp³-hybridized carbons (Fsp3) is 0.600. The molecule has 0 spiro atoms. The largest absolute Gasteiger partial charge is 0.356 e. The highest BCUT2D eigenvalue weighted by molar-refractivity contribution is 6.01. The fourth-order valence-electron chi connectivity index (χ4n) is 3.40. The number of amides is 2. The van der Waals surface area contributed by atoms with Gasteiger partial charge in [-0.15, -0.1) is 10.2 Å². The highest BCUT2D eigenvalue weighted by atomic mass is 16.2. The molecule has 12 nitrogen and oxygen atoms in total. The average Bonchev–Trinajstić information content (AvgIpc) is 3.31. The number of likely N-dealkylation sites (tertiary alicyclic amines) is 1. The standard InChI is InChI=1S/C15H23N11O/c1-3-16-15(27)20-14-18-11-9(12(19-14)26-7-5-4-6-8-26)17-13(25(11)2)10-21-23-24-22-10/h11H,3-8H2,1-2H3,(H,21,22,23,24)(H3,16,18,19,20,27). The number of tetrazole rings is 1. The van der Waals surface area contributed by atoms with E-state index >= 15 is 0 Å². The molecule has 1 aromatic heterocycles. The third kappa shape index (κ3) is 3.29. The highest BCUT2D eigenvalue weighted by Gasteiger charge is 2.39. The molecule has 3 aliphatic rings. The van der Waals surface area contributed by atoms with E-state index in [1.807, 2.05) is 18.9 Å². The normalized spacial score (nSPS) is 22.1. The van der Waals surface area contributed by atoms with E-state index in [2.05, 4.69) is 46.5 Å². The molecular weight excluding hydrogens is 350 g/mol. The Morgan fingerprint density at radius 3 is 2.81 bits per heavy atom. The second kappa shape index (κ2) is 7.21. The van der Waals surface area contributed by atoms with Crippen molar-refractivity contribution in [3.63, 3.8) is 0 Å². The van der Waals surface area contributed by atoms with Crippen LogP contribution in [-0.2, 0) is 0 Å². The number of hydrogen-bond donors (Lipinski definition) is 4. The van der Waals surface area contributed by atoms with Gasteiger partial charge in [0.05, 0.1) is 0 Å². The molecule has 4 heterocycles. The summed E-state index contributed by atoms with van der Waals surface area (Å²) >= 11 is 0. The van der Waals surface area contributed by atoms with Crippen molar-refractivity contribution in [2.75, 3.05) is 26.7 Å². The van der Waals surface area contributed by atoms with Crippen LogP contribution in [0.5, 0.6) is 0 Å². The van der Waals surface area contributed by atoms with E-state index in [0.717, 1.165) is 37.4 Å². The van der Waals surface area contributed by atoms with Crippen molar-refractivity contribution >= 4 is 17.8 Å². The molecule has 2 amide bonds. The number of carbonyl (C=O) groups excluding carboxylic acids is 1. The van der Waals surface area contributed by atoms with Crippen molar-refractivity contribution < 1.29 is 4.79 Å². The summed E-state index contributed by atoms with van der Waals surface area (Å²) in [5.74, 6) is 2.26. The van der Waals surface area contributed by atoms with E-state index in [4.69, 9.17) is 4.99 Å². The lowest BCUT2D eigenvalue weighted by molar-refractivity contribution is 0.244. The minimum Gasteiger partial charge on any atom is -0.356 e. The molecule has 0 bridgehead atoms. The van der Waals surface area contributed by atoms with Crippen molar-refractivity contribution in [2.45, 2.75) is 32.4 Å². The zero-order valence-corrected chi connectivity index (χ0v) is 15.4. The van der Waals surface area contributed by atoms with Gasteiger partial charge in [-0.05, 0) is 31.4 Å². The SMILES string of the molecule is CCNC(=O)NC1=NC2C(=C(N3CCCCC3)N1)N=C(c1nn[nH]n1)N2C. The zero-order chi connectivity index (χ0) is 18.8. The number of amidine groups is 1. The van der Waals surface area contributed by atoms with E-state index in [9.17, 15) is 4.79 Å².